The van der Waals surface area contributed by atoms with E-state index in [1.54, 1.807) is 41.8 Å². The maximum atomic E-state index is 13.1. The minimum Gasteiger partial charge on any atom is -0.325 e. The van der Waals surface area contributed by atoms with Crippen molar-refractivity contribution >= 4 is 34.7 Å². The number of benzene rings is 1. The number of nitrogens with zero attached hydrogens (tertiary/aromatic N) is 2. The summed E-state index contributed by atoms with van der Waals surface area (Å²) in [4.78, 5) is 20.3. The zero-order valence-corrected chi connectivity index (χ0v) is 14.8. The van der Waals surface area contributed by atoms with E-state index in [0.29, 0.717) is 10.6 Å². The number of aromatic nitrogens is 2. The third-order valence-electron chi connectivity index (χ3n) is 3.16. The molecule has 1 amide bonds. The molecule has 1 N–H and O–H groups in total. The molecule has 0 spiro atoms. The number of hydrogen-bond donors (Lipinski definition) is 1. The fraction of sp³-hybridized carbons (Fsp3) is 0.118. The first-order valence-electron chi connectivity index (χ1n) is 7.40. The second kappa shape index (κ2) is 7.88. The first-order chi connectivity index (χ1) is 12.4. The lowest BCUT2D eigenvalue weighted by molar-refractivity contribution is -0.141. The van der Waals surface area contributed by atoms with Crippen LogP contribution in [0.1, 0.15) is 5.69 Å². The maximum Gasteiger partial charge on any atom is 0.433 e. The number of rotatable bonds is 5. The van der Waals surface area contributed by atoms with Crippen molar-refractivity contribution in [1.82, 2.24) is 9.97 Å². The first kappa shape index (κ1) is 18.4. The largest absolute Gasteiger partial charge is 0.433 e. The van der Waals surface area contributed by atoms with Crippen LogP contribution in [0.25, 0.3) is 10.6 Å². The standard InChI is InChI=1S/C17H12F3N3OS2/c18-17(19,20)14-9-12(13-7-4-8-25-13)22-16(23-14)26-10-15(24)21-11-5-2-1-3-6-11/h1-9H,10H2,(H,21,24). The Labute approximate surface area is 155 Å². The third kappa shape index (κ3) is 4.83. The van der Waals surface area contributed by atoms with E-state index in [4.69, 9.17) is 0 Å². The Bertz CT molecular complexity index is 884. The number of thiophene rings is 1. The fourth-order valence-corrected chi connectivity index (χ4v) is 3.38. The SMILES string of the molecule is O=C(CSc1nc(-c2cccs2)cc(C(F)(F)F)n1)Nc1ccccc1. The van der Waals surface area contributed by atoms with Gasteiger partial charge in [-0.1, -0.05) is 36.0 Å². The summed E-state index contributed by atoms with van der Waals surface area (Å²) < 4.78 is 39.3. The van der Waals surface area contributed by atoms with Crippen LogP contribution in [0.3, 0.4) is 0 Å². The normalized spacial score (nSPS) is 11.3. The lowest BCUT2D eigenvalue weighted by Crippen LogP contribution is -2.15. The molecule has 2 heterocycles. The molecule has 0 aliphatic heterocycles. The van der Waals surface area contributed by atoms with Crippen molar-refractivity contribution in [2.24, 2.45) is 0 Å². The lowest BCUT2D eigenvalue weighted by atomic mass is 10.3. The molecule has 0 saturated heterocycles. The monoisotopic (exact) mass is 395 g/mol. The number of thioether (sulfide) groups is 1. The minimum atomic E-state index is -4.59. The van der Waals surface area contributed by atoms with Crippen LogP contribution in [0.15, 0.2) is 59.1 Å². The van der Waals surface area contributed by atoms with Gasteiger partial charge in [-0.3, -0.25) is 4.79 Å². The molecule has 3 aromatic rings. The number of nitrogens with one attached hydrogen (secondary N) is 1. The molecule has 0 saturated carbocycles. The number of halogens is 3. The van der Waals surface area contributed by atoms with Gasteiger partial charge in [0.2, 0.25) is 5.91 Å². The van der Waals surface area contributed by atoms with E-state index in [1.165, 1.54) is 11.3 Å². The molecule has 0 aliphatic rings. The van der Waals surface area contributed by atoms with Crippen molar-refractivity contribution in [2.75, 3.05) is 11.1 Å². The van der Waals surface area contributed by atoms with Gasteiger partial charge in [0.15, 0.2) is 5.16 Å². The summed E-state index contributed by atoms with van der Waals surface area (Å²) in [6.07, 6.45) is -4.59. The van der Waals surface area contributed by atoms with Gasteiger partial charge in [-0.25, -0.2) is 9.97 Å². The van der Waals surface area contributed by atoms with Crippen LogP contribution in [0, 0.1) is 0 Å². The Hall–Kier alpha value is -2.39. The summed E-state index contributed by atoms with van der Waals surface area (Å²) in [5.74, 6) is -0.444. The highest BCUT2D eigenvalue weighted by Gasteiger charge is 2.34. The zero-order chi connectivity index (χ0) is 18.6. The summed E-state index contributed by atoms with van der Waals surface area (Å²) in [5, 5.41) is 4.33. The van der Waals surface area contributed by atoms with Gasteiger partial charge in [-0.05, 0) is 29.6 Å². The van der Waals surface area contributed by atoms with Crippen molar-refractivity contribution in [3.05, 3.63) is 59.6 Å². The number of carbonyl (C=O) groups is 1. The zero-order valence-electron chi connectivity index (χ0n) is 13.2. The van der Waals surface area contributed by atoms with Gasteiger partial charge >= 0.3 is 6.18 Å². The summed E-state index contributed by atoms with van der Waals surface area (Å²) in [7, 11) is 0. The van der Waals surface area contributed by atoms with Crippen molar-refractivity contribution in [3.63, 3.8) is 0 Å². The van der Waals surface area contributed by atoms with Gasteiger partial charge in [-0.15, -0.1) is 11.3 Å². The second-order valence-corrected chi connectivity index (χ2v) is 6.99. The van der Waals surface area contributed by atoms with E-state index in [2.05, 4.69) is 15.3 Å². The van der Waals surface area contributed by atoms with Crippen molar-refractivity contribution in [1.29, 1.82) is 0 Å². The van der Waals surface area contributed by atoms with Crippen LogP contribution in [0.2, 0.25) is 0 Å². The van der Waals surface area contributed by atoms with E-state index in [-0.39, 0.29) is 22.5 Å². The average Bonchev–Trinajstić information content (AvgIpc) is 3.14. The Balaban J connectivity index is 1.76. The van der Waals surface area contributed by atoms with Crippen LogP contribution in [0.5, 0.6) is 0 Å². The highest BCUT2D eigenvalue weighted by Crippen LogP contribution is 2.33. The van der Waals surface area contributed by atoms with Crippen LogP contribution in [-0.4, -0.2) is 21.6 Å². The molecule has 3 rings (SSSR count). The summed E-state index contributed by atoms with van der Waals surface area (Å²) >= 11 is 2.14. The van der Waals surface area contributed by atoms with E-state index in [0.717, 1.165) is 17.8 Å². The molecule has 0 atom stereocenters. The molecule has 4 nitrogen and oxygen atoms in total. The lowest BCUT2D eigenvalue weighted by Gasteiger charge is -2.10. The van der Waals surface area contributed by atoms with Gasteiger partial charge in [0.25, 0.3) is 0 Å². The number of hydrogen-bond acceptors (Lipinski definition) is 5. The Kier molecular flexibility index (Phi) is 5.58. The highest BCUT2D eigenvalue weighted by atomic mass is 32.2. The van der Waals surface area contributed by atoms with E-state index in [1.807, 2.05) is 6.07 Å². The molecule has 1 aromatic carbocycles. The number of alkyl halides is 3. The van der Waals surface area contributed by atoms with Gasteiger partial charge in [0.1, 0.15) is 5.69 Å². The number of anilines is 1. The van der Waals surface area contributed by atoms with Crippen LogP contribution < -0.4 is 5.32 Å². The molecule has 0 unspecified atom stereocenters. The Morgan fingerprint density at radius 3 is 2.54 bits per heavy atom. The molecule has 26 heavy (non-hydrogen) atoms. The minimum absolute atomic E-state index is 0.0913. The molecule has 0 aliphatic carbocycles. The van der Waals surface area contributed by atoms with Crippen LogP contribution >= 0.6 is 23.1 Å². The predicted octanol–water partition coefficient (Wildman–Crippen LogP) is 4.95. The third-order valence-corrected chi connectivity index (χ3v) is 4.90. The van der Waals surface area contributed by atoms with Crippen molar-refractivity contribution < 1.29 is 18.0 Å². The van der Waals surface area contributed by atoms with Crippen molar-refractivity contribution in [3.8, 4) is 10.6 Å². The second-order valence-electron chi connectivity index (χ2n) is 5.10. The Morgan fingerprint density at radius 2 is 1.88 bits per heavy atom. The fourth-order valence-electron chi connectivity index (χ4n) is 2.03. The Morgan fingerprint density at radius 1 is 1.12 bits per heavy atom. The van der Waals surface area contributed by atoms with E-state index >= 15 is 0 Å². The van der Waals surface area contributed by atoms with Gasteiger partial charge in [-0.2, -0.15) is 13.2 Å². The summed E-state index contributed by atoms with van der Waals surface area (Å²) in [6.45, 7) is 0. The van der Waals surface area contributed by atoms with Crippen molar-refractivity contribution in [2.45, 2.75) is 11.3 Å². The highest BCUT2D eigenvalue weighted by molar-refractivity contribution is 7.99. The topological polar surface area (TPSA) is 54.9 Å². The molecule has 0 fully saturated rings. The number of amides is 1. The molecular weight excluding hydrogens is 383 g/mol. The molecule has 2 aromatic heterocycles. The predicted molar refractivity (Wildman–Crippen MR) is 96.1 cm³/mol. The van der Waals surface area contributed by atoms with Gasteiger partial charge in [0.05, 0.1) is 16.3 Å². The maximum absolute atomic E-state index is 13.1. The number of carbonyl (C=O) groups excluding carboxylic acids is 1. The van der Waals surface area contributed by atoms with E-state index < -0.39 is 11.9 Å². The smallest absolute Gasteiger partial charge is 0.325 e. The molecule has 0 radical (unpaired) electrons. The summed E-state index contributed by atoms with van der Waals surface area (Å²) in [6, 6.07) is 13.1. The molecule has 9 heteroatoms. The van der Waals surface area contributed by atoms with E-state index in [9.17, 15) is 18.0 Å². The molecule has 0 bridgehead atoms. The van der Waals surface area contributed by atoms with Crippen LogP contribution in [0.4, 0.5) is 18.9 Å². The first-order valence-corrected chi connectivity index (χ1v) is 9.26. The average molecular weight is 395 g/mol. The summed E-state index contributed by atoms with van der Waals surface area (Å²) in [5.41, 5.74) is -0.225. The molecular formula is C17H12F3N3OS2. The number of para-hydroxylation sites is 1. The van der Waals surface area contributed by atoms with Gasteiger partial charge < -0.3 is 5.32 Å². The molecule has 134 valence electrons. The van der Waals surface area contributed by atoms with Gasteiger partial charge in [0, 0.05) is 5.69 Å². The quantitative estimate of drug-likeness (QED) is 0.490. The van der Waals surface area contributed by atoms with Crippen LogP contribution in [-0.2, 0) is 11.0 Å².